The molecule has 3 aromatic carbocycles. The van der Waals surface area contributed by atoms with Gasteiger partial charge in [-0.2, -0.15) is 0 Å². The number of aryl methyl sites for hydroxylation is 2. The molecule has 140 valence electrons. The van der Waals surface area contributed by atoms with Crippen molar-refractivity contribution in [3.8, 4) is 0 Å². The molecule has 1 aliphatic heterocycles. The Hall–Kier alpha value is -3.40. The van der Waals surface area contributed by atoms with Crippen molar-refractivity contribution in [2.45, 2.75) is 19.8 Å². The lowest BCUT2D eigenvalue weighted by atomic mass is 9.97. The largest absolute Gasteiger partial charge is 0.385 e. The van der Waals surface area contributed by atoms with Gasteiger partial charge in [0.1, 0.15) is 0 Å². The molecule has 0 fully saturated rings. The Kier molecular flexibility index (Phi) is 4.94. The first kappa shape index (κ1) is 18.0. The summed E-state index contributed by atoms with van der Waals surface area (Å²) in [6.07, 6.45) is 2.17. The van der Waals surface area contributed by atoms with Crippen molar-refractivity contribution in [1.82, 2.24) is 0 Å². The van der Waals surface area contributed by atoms with Crippen molar-refractivity contribution in [3.63, 3.8) is 0 Å². The Labute approximate surface area is 164 Å². The van der Waals surface area contributed by atoms with Crippen molar-refractivity contribution in [2.75, 3.05) is 17.2 Å². The monoisotopic (exact) mass is 370 g/mol. The van der Waals surface area contributed by atoms with E-state index in [0.717, 1.165) is 30.6 Å². The third kappa shape index (κ3) is 3.67. The zero-order chi connectivity index (χ0) is 19.5. The number of benzene rings is 3. The van der Waals surface area contributed by atoms with Gasteiger partial charge < -0.3 is 10.6 Å². The van der Waals surface area contributed by atoms with Gasteiger partial charge in [-0.3, -0.25) is 9.59 Å². The molecule has 28 heavy (non-hydrogen) atoms. The van der Waals surface area contributed by atoms with Gasteiger partial charge in [0.15, 0.2) is 5.78 Å². The first-order valence-electron chi connectivity index (χ1n) is 9.50. The first-order valence-corrected chi connectivity index (χ1v) is 9.50. The molecule has 0 bridgehead atoms. The number of amides is 1. The second kappa shape index (κ2) is 7.69. The number of rotatable bonds is 4. The molecule has 1 heterocycles. The summed E-state index contributed by atoms with van der Waals surface area (Å²) in [4.78, 5) is 25.2. The fraction of sp³-hybridized carbons (Fsp3) is 0.167. The molecule has 0 radical (unpaired) electrons. The summed E-state index contributed by atoms with van der Waals surface area (Å²) < 4.78 is 0. The van der Waals surface area contributed by atoms with Crippen LogP contribution in [-0.4, -0.2) is 18.2 Å². The molecular weight excluding hydrogens is 348 g/mol. The molecular formula is C24H22N2O2. The van der Waals surface area contributed by atoms with Crippen LogP contribution in [0.15, 0.2) is 66.7 Å². The predicted octanol–water partition coefficient (Wildman–Crippen LogP) is 4.84. The quantitative estimate of drug-likeness (QED) is 0.646. The van der Waals surface area contributed by atoms with Crippen LogP contribution in [0.2, 0.25) is 0 Å². The lowest BCUT2D eigenvalue weighted by molar-refractivity contribution is 0.102. The molecule has 0 aliphatic carbocycles. The molecule has 0 unspecified atom stereocenters. The highest BCUT2D eigenvalue weighted by molar-refractivity contribution is 6.10. The SMILES string of the molecule is Cc1ccccc1C(=O)Nc1ccc(C(=O)c2ccc3c(c2)NCCC3)cc1. The molecule has 0 saturated carbocycles. The smallest absolute Gasteiger partial charge is 0.255 e. The van der Waals surface area contributed by atoms with E-state index in [0.29, 0.717) is 22.4 Å². The number of carbonyl (C=O) groups is 2. The van der Waals surface area contributed by atoms with E-state index in [1.807, 2.05) is 43.3 Å². The van der Waals surface area contributed by atoms with Crippen LogP contribution in [0, 0.1) is 6.92 Å². The Morgan fingerprint density at radius 1 is 0.929 bits per heavy atom. The highest BCUT2D eigenvalue weighted by atomic mass is 16.1. The summed E-state index contributed by atoms with van der Waals surface area (Å²) in [5.74, 6) is -0.176. The number of hydrogen-bond acceptors (Lipinski definition) is 3. The molecule has 4 nitrogen and oxygen atoms in total. The molecule has 0 spiro atoms. The van der Waals surface area contributed by atoms with Crippen molar-refractivity contribution < 1.29 is 9.59 Å². The van der Waals surface area contributed by atoms with Gasteiger partial charge >= 0.3 is 0 Å². The Balaban J connectivity index is 1.49. The molecule has 2 N–H and O–H groups in total. The van der Waals surface area contributed by atoms with Crippen molar-refractivity contribution in [3.05, 3.63) is 94.5 Å². The lowest BCUT2D eigenvalue weighted by Crippen LogP contribution is -2.14. The minimum atomic E-state index is -0.155. The molecule has 0 aromatic heterocycles. The summed E-state index contributed by atoms with van der Waals surface area (Å²) in [6.45, 7) is 2.85. The average molecular weight is 370 g/mol. The highest BCUT2D eigenvalue weighted by Crippen LogP contribution is 2.24. The zero-order valence-electron chi connectivity index (χ0n) is 15.8. The minimum absolute atomic E-state index is 0.0213. The highest BCUT2D eigenvalue weighted by Gasteiger charge is 2.14. The van der Waals surface area contributed by atoms with Crippen LogP contribution < -0.4 is 10.6 Å². The van der Waals surface area contributed by atoms with Gasteiger partial charge in [0.05, 0.1) is 0 Å². The molecule has 4 rings (SSSR count). The second-order valence-corrected chi connectivity index (χ2v) is 7.08. The summed E-state index contributed by atoms with van der Waals surface area (Å²) >= 11 is 0. The number of anilines is 2. The number of fused-ring (bicyclic) bond motifs is 1. The molecule has 0 saturated heterocycles. The Morgan fingerprint density at radius 3 is 2.46 bits per heavy atom. The summed E-state index contributed by atoms with van der Waals surface area (Å²) in [5, 5.41) is 6.25. The van der Waals surface area contributed by atoms with Gasteiger partial charge in [-0.05, 0) is 67.3 Å². The van der Waals surface area contributed by atoms with Crippen molar-refractivity contribution >= 4 is 23.1 Å². The molecule has 1 amide bonds. The summed E-state index contributed by atoms with van der Waals surface area (Å²) in [6, 6.07) is 20.3. The van der Waals surface area contributed by atoms with Crippen LogP contribution in [0.5, 0.6) is 0 Å². The second-order valence-electron chi connectivity index (χ2n) is 7.08. The average Bonchev–Trinajstić information content (AvgIpc) is 2.73. The van der Waals surface area contributed by atoms with E-state index in [1.54, 1.807) is 30.3 Å². The van der Waals surface area contributed by atoms with Gasteiger partial charge in [0, 0.05) is 34.6 Å². The van der Waals surface area contributed by atoms with Gasteiger partial charge in [0.2, 0.25) is 0 Å². The van der Waals surface area contributed by atoms with Gasteiger partial charge in [-0.25, -0.2) is 0 Å². The van der Waals surface area contributed by atoms with Crippen LogP contribution in [0.4, 0.5) is 11.4 Å². The van der Waals surface area contributed by atoms with E-state index >= 15 is 0 Å². The van der Waals surface area contributed by atoms with E-state index in [1.165, 1.54) is 5.56 Å². The van der Waals surface area contributed by atoms with Gasteiger partial charge in [0.25, 0.3) is 5.91 Å². The number of carbonyl (C=O) groups excluding carboxylic acids is 2. The van der Waals surface area contributed by atoms with Crippen LogP contribution >= 0.6 is 0 Å². The molecule has 4 heteroatoms. The summed E-state index contributed by atoms with van der Waals surface area (Å²) in [5.41, 5.74) is 5.82. The van der Waals surface area contributed by atoms with Crippen LogP contribution in [0.25, 0.3) is 0 Å². The zero-order valence-corrected chi connectivity index (χ0v) is 15.8. The fourth-order valence-electron chi connectivity index (χ4n) is 3.50. The van der Waals surface area contributed by atoms with E-state index in [-0.39, 0.29) is 11.7 Å². The predicted molar refractivity (Wildman–Crippen MR) is 112 cm³/mol. The van der Waals surface area contributed by atoms with E-state index in [4.69, 9.17) is 0 Å². The maximum absolute atomic E-state index is 12.8. The lowest BCUT2D eigenvalue weighted by Gasteiger charge is -2.18. The van der Waals surface area contributed by atoms with Crippen LogP contribution in [-0.2, 0) is 6.42 Å². The first-order chi connectivity index (χ1) is 13.6. The van der Waals surface area contributed by atoms with Crippen LogP contribution in [0.1, 0.15) is 43.8 Å². The third-order valence-electron chi connectivity index (χ3n) is 5.11. The van der Waals surface area contributed by atoms with E-state index < -0.39 is 0 Å². The molecule has 0 atom stereocenters. The normalized spacial score (nSPS) is 12.6. The number of ketones is 1. The number of nitrogens with one attached hydrogen (secondary N) is 2. The van der Waals surface area contributed by atoms with Gasteiger partial charge in [-0.1, -0.05) is 30.3 Å². The third-order valence-corrected chi connectivity index (χ3v) is 5.11. The van der Waals surface area contributed by atoms with Crippen molar-refractivity contribution in [1.29, 1.82) is 0 Å². The van der Waals surface area contributed by atoms with E-state index in [2.05, 4.69) is 10.6 Å². The maximum atomic E-state index is 12.8. The van der Waals surface area contributed by atoms with E-state index in [9.17, 15) is 9.59 Å². The van der Waals surface area contributed by atoms with Gasteiger partial charge in [-0.15, -0.1) is 0 Å². The topological polar surface area (TPSA) is 58.2 Å². The summed E-state index contributed by atoms with van der Waals surface area (Å²) in [7, 11) is 0. The standard InChI is InChI=1S/C24H22N2O2/c1-16-5-2-3-7-21(16)24(28)26-20-12-10-18(11-13-20)23(27)19-9-8-17-6-4-14-25-22(17)15-19/h2-3,5,7-13,15,25H,4,6,14H2,1H3,(H,26,28). The fourth-order valence-corrected chi connectivity index (χ4v) is 3.50. The maximum Gasteiger partial charge on any atom is 0.255 e. The number of hydrogen-bond donors (Lipinski definition) is 2. The van der Waals surface area contributed by atoms with Crippen molar-refractivity contribution in [2.24, 2.45) is 0 Å². The van der Waals surface area contributed by atoms with Crippen LogP contribution in [0.3, 0.4) is 0 Å². The Morgan fingerprint density at radius 2 is 1.68 bits per heavy atom. The molecule has 1 aliphatic rings. The molecule has 3 aromatic rings. The Bertz CT molecular complexity index is 1040. The minimum Gasteiger partial charge on any atom is -0.385 e.